The van der Waals surface area contributed by atoms with E-state index in [0.29, 0.717) is 0 Å². The maximum absolute atomic E-state index is 11.5. The maximum Gasteiger partial charge on any atom is 0.187 e. The SMILES string of the molecule is N=C1C=CC2=CC#CCCC2C1=O. The van der Waals surface area contributed by atoms with Crippen LogP contribution in [0.4, 0.5) is 0 Å². The fraction of sp³-hybridized carbons (Fsp3) is 0.273. The van der Waals surface area contributed by atoms with Crippen molar-refractivity contribution in [1.29, 1.82) is 5.41 Å². The van der Waals surface area contributed by atoms with Crippen molar-refractivity contribution < 1.29 is 4.79 Å². The molecule has 0 spiro atoms. The van der Waals surface area contributed by atoms with E-state index in [0.717, 1.165) is 18.4 Å². The summed E-state index contributed by atoms with van der Waals surface area (Å²) in [6, 6.07) is 0. The molecule has 0 aliphatic heterocycles. The Bertz CT molecular complexity index is 390. The third-order valence-electron chi connectivity index (χ3n) is 2.33. The summed E-state index contributed by atoms with van der Waals surface area (Å²) >= 11 is 0. The Labute approximate surface area is 76.8 Å². The molecule has 1 unspecified atom stereocenters. The largest absolute Gasteiger partial charge is 0.297 e. The predicted molar refractivity (Wildman–Crippen MR) is 50.5 cm³/mol. The third-order valence-corrected chi connectivity index (χ3v) is 2.33. The highest BCUT2D eigenvalue weighted by atomic mass is 16.1. The minimum atomic E-state index is -0.125. The van der Waals surface area contributed by atoms with Gasteiger partial charge in [0.25, 0.3) is 0 Å². The fourth-order valence-corrected chi connectivity index (χ4v) is 1.59. The van der Waals surface area contributed by atoms with E-state index in [1.54, 1.807) is 12.2 Å². The van der Waals surface area contributed by atoms with E-state index in [9.17, 15) is 4.79 Å². The summed E-state index contributed by atoms with van der Waals surface area (Å²) in [4.78, 5) is 11.5. The van der Waals surface area contributed by atoms with Crippen LogP contribution in [0.3, 0.4) is 0 Å². The average Bonchev–Trinajstić information content (AvgIpc) is 2.36. The van der Waals surface area contributed by atoms with Gasteiger partial charge in [-0.1, -0.05) is 17.9 Å². The van der Waals surface area contributed by atoms with Crippen LogP contribution in [0, 0.1) is 23.2 Å². The number of ketones is 1. The van der Waals surface area contributed by atoms with Gasteiger partial charge in [-0.05, 0) is 24.1 Å². The van der Waals surface area contributed by atoms with Crippen LogP contribution in [0.5, 0.6) is 0 Å². The lowest BCUT2D eigenvalue weighted by atomic mass is 9.84. The number of Topliss-reactive ketones (excluding diaryl/α,β-unsaturated/α-hetero) is 1. The molecule has 0 aromatic rings. The van der Waals surface area contributed by atoms with Crippen molar-refractivity contribution in [3.63, 3.8) is 0 Å². The Morgan fingerprint density at radius 3 is 3.15 bits per heavy atom. The van der Waals surface area contributed by atoms with E-state index in [-0.39, 0.29) is 17.4 Å². The van der Waals surface area contributed by atoms with Crippen LogP contribution in [0.15, 0.2) is 23.8 Å². The van der Waals surface area contributed by atoms with Crippen LogP contribution in [0.2, 0.25) is 0 Å². The predicted octanol–water partition coefficient (Wildman–Crippen LogP) is 1.48. The first-order valence-electron chi connectivity index (χ1n) is 4.28. The van der Waals surface area contributed by atoms with Gasteiger partial charge in [-0.25, -0.2) is 0 Å². The van der Waals surface area contributed by atoms with Crippen LogP contribution in [-0.2, 0) is 4.79 Å². The van der Waals surface area contributed by atoms with Gasteiger partial charge in [0.05, 0.1) is 11.6 Å². The highest BCUT2D eigenvalue weighted by Crippen LogP contribution is 2.24. The molecule has 0 saturated heterocycles. The van der Waals surface area contributed by atoms with Gasteiger partial charge in [-0.2, -0.15) is 0 Å². The van der Waals surface area contributed by atoms with Crippen molar-refractivity contribution in [3.05, 3.63) is 23.8 Å². The Morgan fingerprint density at radius 1 is 1.46 bits per heavy atom. The third kappa shape index (κ3) is 1.33. The molecule has 2 nitrogen and oxygen atoms in total. The molecule has 0 bridgehead atoms. The van der Waals surface area contributed by atoms with Crippen molar-refractivity contribution in [1.82, 2.24) is 0 Å². The van der Waals surface area contributed by atoms with Crippen molar-refractivity contribution >= 4 is 11.5 Å². The number of carbonyl (C=O) groups excluding carboxylic acids is 1. The van der Waals surface area contributed by atoms with Gasteiger partial charge in [-0.3, -0.25) is 10.2 Å². The first kappa shape index (κ1) is 8.00. The molecule has 0 radical (unpaired) electrons. The molecule has 0 aromatic carbocycles. The normalized spacial score (nSPS) is 25.5. The van der Waals surface area contributed by atoms with E-state index in [2.05, 4.69) is 11.8 Å². The summed E-state index contributed by atoms with van der Waals surface area (Å²) in [5.41, 5.74) is 1.08. The zero-order valence-electron chi connectivity index (χ0n) is 7.13. The van der Waals surface area contributed by atoms with Crippen molar-refractivity contribution in [2.45, 2.75) is 12.8 Å². The number of hydrogen-bond donors (Lipinski definition) is 1. The summed E-state index contributed by atoms with van der Waals surface area (Å²) in [5, 5.41) is 7.38. The van der Waals surface area contributed by atoms with E-state index < -0.39 is 0 Å². The summed E-state index contributed by atoms with van der Waals surface area (Å²) in [5.74, 6) is 5.66. The van der Waals surface area contributed by atoms with E-state index in [1.807, 2.05) is 6.08 Å². The molecule has 0 amide bonds. The molecule has 1 atom stereocenters. The quantitative estimate of drug-likeness (QED) is 0.551. The molecule has 2 rings (SSSR count). The molecule has 0 aromatic heterocycles. The second-order valence-electron chi connectivity index (χ2n) is 3.17. The first-order chi connectivity index (χ1) is 6.29. The lowest BCUT2D eigenvalue weighted by molar-refractivity contribution is -0.115. The molecule has 2 aliphatic rings. The number of allylic oxidation sites excluding steroid dienone is 4. The van der Waals surface area contributed by atoms with Gasteiger partial charge in [0.2, 0.25) is 0 Å². The summed E-state index contributed by atoms with van der Waals surface area (Å²) in [6.45, 7) is 0. The summed E-state index contributed by atoms with van der Waals surface area (Å²) in [7, 11) is 0. The Balaban J connectivity index is 2.43. The lowest BCUT2D eigenvalue weighted by Gasteiger charge is -2.17. The molecule has 13 heavy (non-hydrogen) atoms. The molecule has 0 fully saturated rings. The molecule has 2 aliphatic carbocycles. The molecule has 0 saturated carbocycles. The second-order valence-corrected chi connectivity index (χ2v) is 3.17. The first-order valence-corrected chi connectivity index (χ1v) is 4.28. The molecule has 2 heteroatoms. The maximum atomic E-state index is 11.5. The van der Waals surface area contributed by atoms with Gasteiger partial charge in [-0.15, -0.1) is 0 Å². The highest BCUT2D eigenvalue weighted by Gasteiger charge is 2.27. The molecule has 64 valence electrons. The Morgan fingerprint density at radius 2 is 2.31 bits per heavy atom. The van der Waals surface area contributed by atoms with Crippen LogP contribution in [-0.4, -0.2) is 11.5 Å². The van der Waals surface area contributed by atoms with Gasteiger partial charge in [0.15, 0.2) is 5.78 Å². The number of rotatable bonds is 0. The summed E-state index contributed by atoms with van der Waals surface area (Å²) in [6.07, 6.45) is 6.67. The smallest absolute Gasteiger partial charge is 0.187 e. The van der Waals surface area contributed by atoms with Gasteiger partial charge in [0, 0.05) is 6.42 Å². The van der Waals surface area contributed by atoms with Crippen LogP contribution < -0.4 is 0 Å². The fourth-order valence-electron chi connectivity index (χ4n) is 1.59. The average molecular weight is 171 g/mol. The van der Waals surface area contributed by atoms with Gasteiger partial charge >= 0.3 is 0 Å². The van der Waals surface area contributed by atoms with Gasteiger partial charge in [0.1, 0.15) is 0 Å². The van der Waals surface area contributed by atoms with Crippen LogP contribution >= 0.6 is 0 Å². The monoisotopic (exact) mass is 171 g/mol. The minimum absolute atomic E-state index is 0.0701. The Hall–Kier alpha value is -1.62. The second kappa shape index (κ2) is 3.02. The zero-order valence-corrected chi connectivity index (χ0v) is 7.13. The standard InChI is InChI=1S/C11H9NO/c12-10-7-6-8-4-2-1-3-5-9(8)11(10)13/h4,6-7,9,12H,3,5H2. The number of carbonyl (C=O) groups is 1. The van der Waals surface area contributed by atoms with Crippen molar-refractivity contribution in [2.75, 3.05) is 0 Å². The topological polar surface area (TPSA) is 40.9 Å². The highest BCUT2D eigenvalue weighted by molar-refractivity contribution is 6.45. The van der Waals surface area contributed by atoms with Gasteiger partial charge < -0.3 is 0 Å². The Kier molecular flexibility index (Phi) is 1.86. The van der Waals surface area contributed by atoms with Crippen LogP contribution in [0.25, 0.3) is 0 Å². The minimum Gasteiger partial charge on any atom is -0.297 e. The molecule has 0 heterocycles. The van der Waals surface area contributed by atoms with Crippen molar-refractivity contribution in [3.8, 4) is 11.8 Å². The number of nitrogens with one attached hydrogen (secondary N) is 1. The van der Waals surface area contributed by atoms with Crippen LogP contribution in [0.1, 0.15) is 12.8 Å². The number of hydrogen-bond acceptors (Lipinski definition) is 2. The van der Waals surface area contributed by atoms with E-state index >= 15 is 0 Å². The van der Waals surface area contributed by atoms with Crippen molar-refractivity contribution in [2.24, 2.45) is 5.92 Å². The lowest BCUT2D eigenvalue weighted by Crippen LogP contribution is -2.26. The van der Waals surface area contributed by atoms with E-state index in [1.165, 1.54) is 0 Å². The zero-order chi connectivity index (χ0) is 9.26. The molecular formula is C11H9NO. The molecular weight excluding hydrogens is 162 g/mol. The summed E-state index contributed by atoms with van der Waals surface area (Å²) < 4.78 is 0. The number of fused-ring (bicyclic) bond motifs is 1. The molecule has 1 N–H and O–H groups in total. The van der Waals surface area contributed by atoms with E-state index in [4.69, 9.17) is 5.41 Å².